The van der Waals surface area contributed by atoms with Gasteiger partial charge in [-0.2, -0.15) is 4.31 Å². The maximum Gasteiger partial charge on any atom is 0.307 e. The molecule has 208 valence electrons. The first-order valence-corrected chi connectivity index (χ1v) is 15.4. The van der Waals surface area contributed by atoms with E-state index in [0.717, 1.165) is 24.8 Å². The zero-order valence-electron chi connectivity index (χ0n) is 22.6. The molecule has 0 saturated heterocycles. The number of hydrogen-bond acceptors (Lipinski definition) is 6. The lowest BCUT2D eigenvalue weighted by atomic mass is 9.94. The number of β-amino-alcohol motifs (C(OH)–C–C–N with tert-alkyl or cyclic N) is 1. The van der Waals surface area contributed by atoms with Crippen molar-refractivity contribution in [2.75, 3.05) is 20.1 Å². The van der Waals surface area contributed by atoms with Crippen LogP contribution in [0.4, 0.5) is 0 Å². The number of aliphatic hydroxyl groups excluding tert-OH is 1. The largest absolute Gasteiger partial charge is 0.481 e. The Morgan fingerprint density at radius 2 is 1.87 bits per heavy atom. The van der Waals surface area contributed by atoms with Crippen LogP contribution in [0.3, 0.4) is 0 Å². The van der Waals surface area contributed by atoms with Crippen LogP contribution in [0.15, 0.2) is 64.9 Å². The number of aliphatic carboxylic acids is 1. The highest BCUT2D eigenvalue weighted by atomic mass is 32.2. The highest BCUT2D eigenvalue weighted by molar-refractivity contribution is 8.03. The molecule has 0 fully saturated rings. The Morgan fingerprint density at radius 3 is 2.50 bits per heavy atom. The van der Waals surface area contributed by atoms with Crippen LogP contribution in [0.25, 0.3) is 11.1 Å². The van der Waals surface area contributed by atoms with Gasteiger partial charge in [0.2, 0.25) is 10.0 Å². The van der Waals surface area contributed by atoms with Gasteiger partial charge in [0.25, 0.3) is 0 Å². The van der Waals surface area contributed by atoms with Crippen molar-refractivity contribution < 1.29 is 23.4 Å². The molecule has 1 aliphatic heterocycles. The topological polar surface area (TPSA) is 107 Å². The lowest BCUT2D eigenvalue weighted by molar-refractivity contribution is -0.136. The van der Waals surface area contributed by atoms with Crippen molar-refractivity contribution >= 4 is 27.8 Å². The molecular formula is C29H40N2O5S2. The molecule has 0 radical (unpaired) electrons. The van der Waals surface area contributed by atoms with Gasteiger partial charge in [-0.15, -0.1) is 11.8 Å². The minimum Gasteiger partial charge on any atom is -0.481 e. The van der Waals surface area contributed by atoms with E-state index in [0.29, 0.717) is 28.8 Å². The molecule has 3 N–H and O–H groups in total. The zero-order valence-corrected chi connectivity index (χ0v) is 24.3. The Morgan fingerprint density at radius 1 is 1.16 bits per heavy atom. The van der Waals surface area contributed by atoms with Crippen molar-refractivity contribution in [2.24, 2.45) is 5.92 Å². The maximum absolute atomic E-state index is 13.2. The highest BCUT2D eigenvalue weighted by Crippen LogP contribution is 2.33. The summed E-state index contributed by atoms with van der Waals surface area (Å²) in [6, 6.07) is 13.7. The Balaban J connectivity index is 1.54. The molecule has 2 unspecified atom stereocenters. The fraction of sp³-hybridized carbons (Fsp3) is 0.483. The molecule has 2 aromatic rings. The van der Waals surface area contributed by atoms with Crippen LogP contribution in [-0.4, -0.2) is 65.9 Å². The number of sulfonamides is 1. The minimum atomic E-state index is -3.81. The van der Waals surface area contributed by atoms with Crippen LogP contribution in [0.1, 0.15) is 45.6 Å². The van der Waals surface area contributed by atoms with E-state index in [1.54, 1.807) is 42.5 Å². The van der Waals surface area contributed by atoms with Gasteiger partial charge in [0.05, 0.1) is 17.4 Å². The van der Waals surface area contributed by atoms with Crippen LogP contribution in [0.2, 0.25) is 0 Å². The summed E-state index contributed by atoms with van der Waals surface area (Å²) >= 11 is 1.91. The van der Waals surface area contributed by atoms with Crippen molar-refractivity contribution in [3.8, 4) is 11.1 Å². The van der Waals surface area contributed by atoms with Gasteiger partial charge >= 0.3 is 5.97 Å². The molecule has 38 heavy (non-hydrogen) atoms. The van der Waals surface area contributed by atoms with Gasteiger partial charge in [0.1, 0.15) is 0 Å². The average Bonchev–Trinajstić information content (AvgIpc) is 3.27. The number of nitrogens with zero attached hydrogens (tertiary/aromatic N) is 1. The highest BCUT2D eigenvalue weighted by Gasteiger charge is 2.26. The van der Waals surface area contributed by atoms with Crippen molar-refractivity contribution in [2.45, 2.75) is 68.2 Å². The second kappa shape index (κ2) is 13.3. The van der Waals surface area contributed by atoms with Gasteiger partial charge < -0.3 is 15.5 Å². The summed E-state index contributed by atoms with van der Waals surface area (Å²) in [5, 5.41) is 25.8. The number of hydrogen-bond donors (Lipinski definition) is 3. The Bertz CT molecular complexity index is 1210. The van der Waals surface area contributed by atoms with Crippen molar-refractivity contribution in [1.29, 1.82) is 0 Å². The van der Waals surface area contributed by atoms with Crippen molar-refractivity contribution in [1.82, 2.24) is 9.62 Å². The number of thioether (sulfide) groups is 1. The van der Waals surface area contributed by atoms with E-state index >= 15 is 0 Å². The summed E-state index contributed by atoms with van der Waals surface area (Å²) in [6.45, 7) is 6.75. The van der Waals surface area contributed by atoms with Crippen LogP contribution in [0, 0.1) is 5.92 Å². The predicted molar refractivity (Wildman–Crippen MR) is 155 cm³/mol. The average molecular weight is 561 g/mol. The first-order chi connectivity index (χ1) is 17.9. The van der Waals surface area contributed by atoms with E-state index in [1.807, 2.05) is 17.8 Å². The lowest BCUT2D eigenvalue weighted by Crippen LogP contribution is -2.46. The first kappa shape index (κ1) is 30.4. The van der Waals surface area contributed by atoms with Crippen LogP contribution < -0.4 is 5.32 Å². The van der Waals surface area contributed by atoms with E-state index in [4.69, 9.17) is 5.11 Å². The lowest BCUT2D eigenvalue weighted by Gasteiger charge is -2.29. The molecule has 0 spiro atoms. The van der Waals surface area contributed by atoms with Crippen LogP contribution >= 0.6 is 11.8 Å². The molecule has 1 heterocycles. The third kappa shape index (κ3) is 8.68. The molecule has 3 atom stereocenters. The summed E-state index contributed by atoms with van der Waals surface area (Å²) < 4.78 is 27.7. The number of nitrogens with one attached hydrogen (secondary N) is 1. The third-order valence-electron chi connectivity index (χ3n) is 6.98. The number of rotatable bonds is 14. The summed E-state index contributed by atoms with van der Waals surface area (Å²) in [7, 11) is -2.33. The summed E-state index contributed by atoms with van der Waals surface area (Å²) in [5.74, 6) is -0.291. The van der Waals surface area contributed by atoms with E-state index in [-0.39, 0.29) is 23.4 Å². The Labute approximate surface area is 231 Å². The van der Waals surface area contributed by atoms with Crippen molar-refractivity contribution in [3.63, 3.8) is 0 Å². The Kier molecular flexibility index (Phi) is 10.6. The second-order valence-corrected chi connectivity index (χ2v) is 13.9. The second-order valence-electron chi connectivity index (χ2n) is 10.8. The number of carboxylic acids is 1. The summed E-state index contributed by atoms with van der Waals surface area (Å²) in [6.07, 6.45) is 4.56. The van der Waals surface area contributed by atoms with Gasteiger partial charge in [-0.05, 0) is 66.8 Å². The normalized spacial score (nSPS) is 18.7. The first-order valence-electron chi connectivity index (χ1n) is 13.0. The quantitative estimate of drug-likeness (QED) is 0.306. The molecule has 0 aliphatic carbocycles. The van der Waals surface area contributed by atoms with E-state index in [2.05, 4.69) is 37.6 Å². The van der Waals surface area contributed by atoms with E-state index < -0.39 is 22.1 Å². The number of likely N-dealkylation sites (N-methyl/N-ethyl adjacent to an activating group) is 1. The molecule has 3 rings (SSSR count). The number of carboxylic acid groups (broad SMARTS) is 1. The number of benzene rings is 2. The third-order valence-corrected chi connectivity index (χ3v) is 10.1. The maximum atomic E-state index is 13.2. The molecule has 9 heteroatoms. The molecular weight excluding hydrogens is 520 g/mol. The van der Waals surface area contributed by atoms with Crippen LogP contribution in [-0.2, 0) is 21.2 Å². The van der Waals surface area contributed by atoms with E-state index in [1.165, 1.54) is 11.4 Å². The number of allylic oxidation sites excluding steroid dienone is 1. The molecule has 2 aromatic carbocycles. The number of aliphatic hydroxyl groups is 1. The summed E-state index contributed by atoms with van der Waals surface area (Å²) in [5.41, 5.74) is 2.02. The zero-order chi connectivity index (χ0) is 27.9. The standard InChI is InChI=1S/C29H40N2O5S2/c1-21-14-16-37-27(21)9-6-15-29(2,3)30-19-25(32)20-31(4)38(35,36)26-8-5-7-24(18-26)23-12-10-22(11-13-23)17-28(33)34/h5,7-8,10-14,16,18,21,25,27,30,32H,6,9,15,17,19-20H2,1-4H3,(H,33,34)/t21?,25-,27?/m1/s1. The van der Waals surface area contributed by atoms with Gasteiger partial charge in [-0.3, -0.25) is 4.79 Å². The van der Waals surface area contributed by atoms with Gasteiger partial charge in [-0.1, -0.05) is 55.8 Å². The van der Waals surface area contributed by atoms with Gasteiger partial charge in [0, 0.05) is 30.9 Å². The molecule has 1 aliphatic rings. The Hall–Kier alpha value is -2.17. The molecule has 0 aromatic heterocycles. The van der Waals surface area contributed by atoms with E-state index in [9.17, 15) is 18.3 Å². The molecule has 7 nitrogen and oxygen atoms in total. The summed E-state index contributed by atoms with van der Waals surface area (Å²) in [4.78, 5) is 11.0. The molecule has 0 bridgehead atoms. The minimum absolute atomic E-state index is 0.0264. The molecule has 0 saturated carbocycles. The van der Waals surface area contributed by atoms with Crippen LogP contribution in [0.5, 0.6) is 0 Å². The van der Waals surface area contributed by atoms with Gasteiger partial charge in [0.15, 0.2) is 0 Å². The fourth-order valence-corrected chi connectivity index (χ4v) is 6.98. The number of carbonyl (C=O) groups is 1. The smallest absolute Gasteiger partial charge is 0.307 e. The monoisotopic (exact) mass is 560 g/mol. The van der Waals surface area contributed by atoms with Crippen molar-refractivity contribution in [3.05, 3.63) is 65.6 Å². The van der Waals surface area contributed by atoms with Gasteiger partial charge in [-0.25, -0.2) is 8.42 Å². The fourth-order valence-electron chi connectivity index (χ4n) is 4.54. The SMILES string of the molecule is CC1C=CSC1CCCC(C)(C)NC[C@@H](O)CN(C)S(=O)(=O)c1cccc(-c2ccc(CC(=O)O)cc2)c1. The molecule has 0 amide bonds. The predicted octanol–water partition coefficient (Wildman–Crippen LogP) is 4.77.